The molecule has 0 rings (SSSR count). The lowest BCUT2D eigenvalue weighted by molar-refractivity contribution is -0.142. The quantitative estimate of drug-likeness (QED) is 0.334. The fourth-order valence-electron chi connectivity index (χ4n) is 0.311. The van der Waals surface area contributed by atoms with Crippen LogP contribution in [0.4, 0.5) is 0 Å². The Morgan fingerprint density at radius 1 is 1.00 bits per heavy atom. The number of amides is 2. The summed E-state index contributed by atoms with van der Waals surface area (Å²) in [7, 11) is 0. The lowest BCUT2D eigenvalue weighted by Crippen LogP contribution is -2.46. The highest BCUT2D eigenvalue weighted by Crippen LogP contribution is 1.89. The first kappa shape index (κ1) is 8.86. The third kappa shape index (κ3) is 2.00. The van der Waals surface area contributed by atoms with Crippen LogP contribution in [0.3, 0.4) is 0 Å². The van der Waals surface area contributed by atoms with Crippen LogP contribution in [-0.4, -0.2) is 34.2 Å². The summed E-state index contributed by atoms with van der Waals surface area (Å²) >= 11 is 0. The maximum absolute atomic E-state index is 10.0. The second kappa shape index (κ2) is 3.14. The van der Waals surface area contributed by atoms with E-state index in [2.05, 4.69) is 11.5 Å². The summed E-state index contributed by atoms with van der Waals surface area (Å²) in [6.45, 7) is 0. The van der Waals surface area contributed by atoms with Crippen LogP contribution in [0.15, 0.2) is 0 Å². The van der Waals surface area contributed by atoms with E-state index in [0.717, 1.165) is 0 Å². The van der Waals surface area contributed by atoms with Gasteiger partial charge in [0, 0.05) is 0 Å². The Bertz CT molecular complexity index is 139. The third-order valence-corrected chi connectivity index (χ3v) is 0.882. The second-order valence-electron chi connectivity index (χ2n) is 1.69. The van der Waals surface area contributed by atoms with Crippen molar-refractivity contribution in [1.29, 1.82) is 0 Å². The van der Waals surface area contributed by atoms with Gasteiger partial charge in [-0.3, -0.25) is 9.59 Å². The van der Waals surface area contributed by atoms with Crippen molar-refractivity contribution in [1.82, 2.24) is 0 Å². The summed E-state index contributed by atoms with van der Waals surface area (Å²) in [4.78, 5) is 20.1. The zero-order valence-electron chi connectivity index (χ0n) is 5.02. The van der Waals surface area contributed by atoms with E-state index in [0.29, 0.717) is 0 Å². The molecule has 0 aromatic heterocycles. The molecule has 0 aliphatic carbocycles. The second-order valence-corrected chi connectivity index (χ2v) is 1.69. The number of aliphatic hydroxyl groups is 2. The van der Waals surface area contributed by atoms with Gasteiger partial charge in [-0.15, -0.1) is 0 Å². The molecule has 2 amide bonds. The van der Waals surface area contributed by atoms with Gasteiger partial charge in [0.05, 0.1) is 0 Å². The molecule has 0 bridgehead atoms. The van der Waals surface area contributed by atoms with E-state index < -0.39 is 24.0 Å². The van der Waals surface area contributed by atoms with E-state index in [-0.39, 0.29) is 0 Å². The number of nitrogens with two attached hydrogens (primary N) is 2. The molecule has 6 heteroatoms. The van der Waals surface area contributed by atoms with E-state index in [9.17, 15) is 9.59 Å². The number of hydrogen-bond donors (Lipinski definition) is 4. The van der Waals surface area contributed by atoms with Gasteiger partial charge >= 0.3 is 0 Å². The summed E-state index contributed by atoms with van der Waals surface area (Å²) < 4.78 is 0. The van der Waals surface area contributed by atoms with Crippen molar-refractivity contribution in [2.45, 2.75) is 12.2 Å². The highest BCUT2D eigenvalue weighted by Gasteiger charge is 2.25. The predicted molar refractivity (Wildman–Crippen MR) is 30.4 cm³/mol. The summed E-state index contributed by atoms with van der Waals surface area (Å²) in [5.74, 6) is -2.38. The van der Waals surface area contributed by atoms with Gasteiger partial charge in [-0.05, 0) is 0 Å². The molecule has 0 aromatic carbocycles. The molecule has 6 N–H and O–H groups in total. The standard InChI is InChI=1S/C4H8N2O4/c5-3(9)1(7)2(8)4(6)10/h1-2,7-8H,(H2,5,9)(H2,6,10)/t1-,2-/m0/s1. The van der Waals surface area contributed by atoms with Gasteiger partial charge in [0.15, 0.2) is 12.2 Å². The molecule has 2 atom stereocenters. The van der Waals surface area contributed by atoms with E-state index >= 15 is 0 Å². The molecule has 0 aliphatic rings. The van der Waals surface area contributed by atoms with Crippen LogP contribution in [0, 0.1) is 0 Å². The highest BCUT2D eigenvalue weighted by atomic mass is 16.3. The Morgan fingerprint density at radius 3 is 1.30 bits per heavy atom. The van der Waals surface area contributed by atoms with Crippen molar-refractivity contribution in [3.63, 3.8) is 0 Å². The summed E-state index contributed by atoms with van der Waals surface area (Å²) in [6, 6.07) is 0. The number of primary amides is 2. The Balaban J connectivity index is 4.07. The Kier molecular flexibility index (Phi) is 2.78. The first-order chi connectivity index (χ1) is 4.46. The maximum atomic E-state index is 10.0. The van der Waals surface area contributed by atoms with E-state index in [1.54, 1.807) is 0 Å². The SMILES string of the molecule is NC(=O)[C@@H](O)[C@H](O)C(N)=O. The van der Waals surface area contributed by atoms with Crippen molar-refractivity contribution in [2.75, 3.05) is 0 Å². The third-order valence-electron chi connectivity index (χ3n) is 0.882. The molecule has 10 heavy (non-hydrogen) atoms. The van der Waals surface area contributed by atoms with Crippen LogP contribution in [0.1, 0.15) is 0 Å². The molecule has 0 spiro atoms. The number of hydrogen-bond acceptors (Lipinski definition) is 4. The number of rotatable bonds is 3. The first-order valence-electron chi connectivity index (χ1n) is 2.41. The minimum absolute atomic E-state index is 1.19. The molecular formula is C4H8N2O4. The Morgan fingerprint density at radius 2 is 1.20 bits per heavy atom. The molecule has 0 saturated carbocycles. The van der Waals surface area contributed by atoms with Gasteiger partial charge in [0.1, 0.15) is 0 Å². The van der Waals surface area contributed by atoms with Crippen molar-refractivity contribution in [3.05, 3.63) is 0 Å². The molecule has 0 radical (unpaired) electrons. The van der Waals surface area contributed by atoms with Crippen molar-refractivity contribution in [2.24, 2.45) is 11.5 Å². The molecule has 0 aromatic rings. The molecule has 0 aliphatic heterocycles. The van der Waals surface area contributed by atoms with Crippen LogP contribution < -0.4 is 11.5 Å². The predicted octanol–water partition coefficient (Wildman–Crippen LogP) is -3.32. The van der Waals surface area contributed by atoms with Gasteiger partial charge in [-0.1, -0.05) is 0 Å². The summed E-state index contributed by atoms with van der Waals surface area (Å²) in [6.07, 6.45) is -3.84. The molecule has 0 fully saturated rings. The maximum Gasteiger partial charge on any atom is 0.249 e. The molecular weight excluding hydrogens is 140 g/mol. The zero-order valence-corrected chi connectivity index (χ0v) is 5.02. The smallest absolute Gasteiger partial charge is 0.249 e. The van der Waals surface area contributed by atoms with Crippen LogP contribution in [0.5, 0.6) is 0 Å². The molecule has 0 heterocycles. The summed E-state index contributed by atoms with van der Waals surface area (Å²) in [5, 5.41) is 17.1. The molecule has 0 saturated heterocycles. The largest absolute Gasteiger partial charge is 0.380 e. The van der Waals surface area contributed by atoms with Crippen LogP contribution in [0.2, 0.25) is 0 Å². The lowest BCUT2D eigenvalue weighted by atomic mass is 10.2. The number of aliphatic hydroxyl groups excluding tert-OH is 2. The average molecular weight is 148 g/mol. The van der Waals surface area contributed by atoms with Gasteiger partial charge in [0.2, 0.25) is 11.8 Å². The highest BCUT2D eigenvalue weighted by molar-refractivity contribution is 5.88. The first-order valence-corrected chi connectivity index (χ1v) is 2.41. The molecule has 58 valence electrons. The van der Waals surface area contributed by atoms with Crippen LogP contribution in [0.25, 0.3) is 0 Å². The zero-order chi connectivity index (χ0) is 8.31. The lowest BCUT2D eigenvalue weighted by Gasteiger charge is -2.09. The van der Waals surface area contributed by atoms with Crippen molar-refractivity contribution < 1.29 is 19.8 Å². The van der Waals surface area contributed by atoms with Crippen LogP contribution in [-0.2, 0) is 9.59 Å². The minimum atomic E-state index is -1.92. The fraction of sp³-hybridized carbons (Fsp3) is 0.500. The van der Waals surface area contributed by atoms with Gasteiger partial charge in [-0.25, -0.2) is 0 Å². The number of carbonyl (C=O) groups excluding carboxylic acids is 2. The van der Waals surface area contributed by atoms with Gasteiger partial charge in [-0.2, -0.15) is 0 Å². The molecule has 0 unspecified atom stereocenters. The average Bonchev–Trinajstić information content (AvgIpc) is 1.84. The van der Waals surface area contributed by atoms with E-state index in [1.165, 1.54) is 0 Å². The number of carbonyl (C=O) groups is 2. The Hall–Kier alpha value is -1.14. The van der Waals surface area contributed by atoms with Crippen molar-refractivity contribution in [3.8, 4) is 0 Å². The van der Waals surface area contributed by atoms with E-state index in [1.807, 2.05) is 0 Å². The normalized spacial score (nSPS) is 15.8. The van der Waals surface area contributed by atoms with E-state index in [4.69, 9.17) is 10.2 Å². The monoisotopic (exact) mass is 148 g/mol. The minimum Gasteiger partial charge on any atom is -0.380 e. The van der Waals surface area contributed by atoms with Gasteiger partial charge in [0.25, 0.3) is 0 Å². The topological polar surface area (TPSA) is 127 Å². The molecule has 6 nitrogen and oxygen atoms in total. The summed E-state index contributed by atoms with van der Waals surface area (Å²) in [5.41, 5.74) is 9.04. The van der Waals surface area contributed by atoms with Crippen molar-refractivity contribution >= 4 is 11.8 Å². The fourth-order valence-corrected chi connectivity index (χ4v) is 0.311. The van der Waals surface area contributed by atoms with Gasteiger partial charge < -0.3 is 21.7 Å². The van der Waals surface area contributed by atoms with Crippen LogP contribution >= 0.6 is 0 Å². The Labute approximate surface area is 56.4 Å².